The number of guanidine groups is 1. The number of ether oxygens (including phenoxy) is 1. The number of alkyl halides is 3. The van der Waals surface area contributed by atoms with E-state index in [0.717, 1.165) is 0 Å². The largest absolute Gasteiger partial charge is 0.573 e. The Morgan fingerprint density at radius 1 is 1.24 bits per heavy atom. The molecule has 2 rings (SSSR count). The zero-order valence-electron chi connectivity index (χ0n) is 13.6. The average molecular weight is 470 g/mol. The maximum atomic E-state index is 12.4. The number of nitrogens with one attached hydrogen (secondary N) is 2. The van der Waals surface area contributed by atoms with Crippen LogP contribution in [0.3, 0.4) is 0 Å². The molecule has 2 aromatic rings. The molecule has 0 saturated carbocycles. The van der Waals surface area contributed by atoms with Gasteiger partial charge in [-0.3, -0.25) is 4.99 Å². The zero-order valence-corrected chi connectivity index (χ0v) is 15.9. The highest BCUT2D eigenvalue weighted by Gasteiger charge is 2.31. The van der Waals surface area contributed by atoms with Crippen molar-refractivity contribution in [1.82, 2.24) is 15.8 Å². The molecule has 0 bridgehead atoms. The van der Waals surface area contributed by atoms with Crippen molar-refractivity contribution in [2.24, 2.45) is 4.99 Å². The van der Waals surface area contributed by atoms with Gasteiger partial charge in [0.1, 0.15) is 17.2 Å². The summed E-state index contributed by atoms with van der Waals surface area (Å²) in [5.74, 6) is 0.852. The highest BCUT2D eigenvalue weighted by Crippen LogP contribution is 2.25. The number of halogens is 4. The van der Waals surface area contributed by atoms with Crippen molar-refractivity contribution in [2.45, 2.75) is 26.4 Å². The molecule has 0 aliphatic heterocycles. The number of hydrogen-bond acceptors (Lipinski definition) is 4. The van der Waals surface area contributed by atoms with Crippen LogP contribution in [0.1, 0.15) is 17.0 Å². The minimum absolute atomic E-state index is 0. The van der Waals surface area contributed by atoms with Gasteiger partial charge in [0.05, 0.1) is 6.54 Å². The van der Waals surface area contributed by atoms with Crippen molar-refractivity contribution in [1.29, 1.82) is 0 Å². The lowest BCUT2D eigenvalue weighted by atomic mass is 10.2. The number of rotatable bonds is 5. The quantitative estimate of drug-likeness (QED) is 0.399. The summed E-state index contributed by atoms with van der Waals surface area (Å²) in [4.78, 5) is 4.00. The second kappa shape index (κ2) is 9.49. The molecule has 0 atom stereocenters. The molecule has 10 heteroatoms. The van der Waals surface area contributed by atoms with Crippen molar-refractivity contribution >= 4 is 29.9 Å². The lowest BCUT2D eigenvalue weighted by molar-refractivity contribution is -0.274. The third kappa shape index (κ3) is 7.20. The van der Waals surface area contributed by atoms with Gasteiger partial charge in [-0.15, -0.1) is 37.1 Å². The Bertz CT molecular complexity index is 704. The second-order valence-electron chi connectivity index (χ2n) is 4.86. The van der Waals surface area contributed by atoms with E-state index in [2.05, 4.69) is 25.5 Å². The van der Waals surface area contributed by atoms with Gasteiger partial charge in [-0.05, 0) is 13.0 Å². The van der Waals surface area contributed by atoms with Gasteiger partial charge < -0.3 is 19.9 Å². The summed E-state index contributed by atoms with van der Waals surface area (Å²) in [6, 6.07) is 7.69. The third-order valence-corrected chi connectivity index (χ3v) is 2.98. The maximum Gasteiger partial charge on any atom is 0.573 e. The van der Waals surface area contributed by atoms with Gasteiger partial charge in [-0.25, -0.2) is 0 Å². The SMILES string of the molecule is CN=C(NCc1cc(C)on1)NCc1ccccc1OC(F)(F)F.I. The first-order valence-electron chi connectivity index (χ1n) is 7.08. The summed E-state index contributed by atoms with van der Waals surface area (Å²) in [6.45, 7) is 2.27. The Kier molecular flexibility index (Phi) is 8.00. The molecule has 0 fully saturated rings. The lowest BCUT2D eigenvalue weighted by Crippen LogP contribution is -2.36. The van der Waals surface area contributed by atoms with Gasteiger partial charge in [-0.2, -0.15) is 0 Å². The fourth-order valence-corrected chi connectivity index (χ4v) is 1.95. The van der Waals surface area contributed by atoms with Crippen molar-refractivity contribution in [2.75, 3.05) is 7.05 Å². The van der Waals surface area contributed by atoms with Gasteiger partial charge in [0.2, 0.25) is 0 Å². The normalized spacial score (nSPS) is 11.6. The van der Waals surface area contributed by atoms with Crippen LogP contribution >= 0.6 is 24.0 Å². The van der Waals surface area contributed by atoms with E-state index in [1.54, 1.807) is 32.2 Å². The van der Waals surface area contributed by atoms with E-state index in [9.17, 15) is 13.2 Å². The van der Waals surface area contributed by atoms with E-state index in [-0.39, 0.29) is 36.3 Å². The Morgan fingerprint density at radius 3 is 2.52 bits per heavy atom. The van der Waals surface area contributed by atoms with Gasteiger partial charge >= 0.3 is 6.36 Å². The molecule has 0 unspecified atom stereocenters. The topological polar surface area (TPSA) is 71.7 Å². The molecule has 6 nitrogen and oxygen atoms in total. The summed E-state index contributed by atoms with van der Waals surface area (Å²) in [7, 11) is 1.56. The van der Waals surface area contributed by atoms with Crippen LogP contribution in [0.2, 0.25) is 0 Å². The number of nitrogens with zero attached hydrogens (tertiary/aromatic N) is 2. The molecule has 2 N–H and O–H groups in total. The molecule has 1 heterocycles. The summed E-state index contributed by atoms with van der Waals surface area (Å²) in [5.41, 5.74) is 1.05. The summed E-state index contributed by atoms with van der Waals surface area (Å²) in [5, 5.41) is 9.74. The van der Waals surface area contributed by atoms with Crippen LogP contribution in [0.15, 0.2) is 39.8 Å². The number of aryl methyl sites for hydroxylation is 1. The summed E-state index contributed by atoms with van der Waals surface area (Å²) in [6.07, 6.45) is -4.74. The highest BCUT2D eigenvalue weighted by atomic mass is 127. The van der Waals surface area contributed by atoms with Gasteiger partial charge in [-0.1, -0.05) is 23.4 Å². The fraction of sp³-hybridized carbons (Fsp3) is 0.333. The van der Waals surface area contributed by atoms with Crippen LogP contribution in [-0.4, -0.2) is 24.5 Å². The van der Waals surface area contributed by atoms with E-state index < -0.39 is 6.36 Å². The van der Waals surface area contributed by atoms with E-state index in [4.69, 9.17) is 4.52 Å². The van der Waals surface area contributed by atoms with Crippen LogP contribution in [-0.2, 0) is 13.1 Å². The van der Waals surface area contributed by atoms with Gasteiger partial charge in [0.15, 0.2) is 5.96 Å². The van der Waals surface area contributed by atoms with Crippen LogP contribution in [0, 0.1) is 6.92 Å². The molecule has 0 radical (unpaired) electrons. The lowest BCUT2D eigenvalue weighted by Gasteiger charge is -2.15. The van der Waals surface area contributed by atoms with Gasteiger partial charge in [0, 0.05) is 25.2 Å². The molecule has 0 aliphatic rings. The average Bonchev–Trinajstić information content (AvgIpc) is 2.93. The minimum Gasteiger partial charge on any atom is -0.405 e. The predicted octanol–water partition coefficient (Wildman–Crippen LogP) is 3.36. The molecular formula is C15H18F3IN4O2. The molecule has 138 valence electrons. The number of aliphatic imine (C=N–C) groups is 1. The minimum atomic E-state index is -4.74. The maximum absolute atomic E-state index is 12.4. The monoisotopic (exact) mass is 470 g/mol. The third-order valence-electron chi connectivity index (χ3n) is 2.98. The number of aromatic nitrogens is 1. The van der Waals surface area contributed by atoms with E-state index in [1.807, 2.05) is 0 Å². The molecule has 25 heavy (non-hydrogen) atoms. The highest BCUT2D eigenvalue weighted by molar-refractivity contribution is 14.0. The van der Waals surface area contributed by atoms with E-state index in [1.165, 1.54) is 12.1 Å². The molecule has 0 aliphatic carbocycles. The first-order valence-corrected chi connectivity index (χ1v) is 7.08. The molecule has 0 amide bonds. The van der Waals surface area contributed by atoms with Crippen molar-refractivity contribution in [3.63, 3.8) is 0 Å². The van der Waals surface area contributed by atoms with Crippen LogP contribution < -0.4 is 15.4 Å². The Morgan fingerprint density at radius 2 is 1.92 bits per heavy atom. The number of para-hydroxylation sites is 1. The molecule has 1 aromatic heterocycles. The Balaban J connectivity index is 0.00000312. The first-order chi connectivity index (χ1) is 11.4. The van der Waals surface area contributed by atoms with Crippen molar-refractivity contribution < 1.29 is 22.4 Å². The first kappa shape index (κ1) is 21.1. The molecule has 1 aromatic carbocycles. The van der Waals surface area contributed by atoms with Gasteiger partial charge in [0.25, 0.3) is 0 Å². The number of hydrogen-bond donors (Lipinski definition) is 2. The fourth-order valence-electron chi connectivity index (χ4n) is 1.95. The summed E-state index contributed by atoms with van der Waals surface area (Å²) >= 11 is 0. The number of benzene rings is 1. The van der Waals surface area contributed by atoms with E-state index >= 15 is 0 Å². The van der Waals surface area contributed by atoms with Crippen LogP contribution in [0.25, 0.3) is 0 Å². The Hall–Kier alpha value is -1.98. The Labute approximate surface area is 159 Å². The van der Waals surface area contributed by atoms with Crippen LogP contribution in [0.5, 0.6) is 5.75 Å². The standard InChI is InChI=1S/C15H17F3N4O2.HI/c1-10-7-12(22-24-10)9-21-14(19-2)20-8-11-5-3-4-6-13(11)23-15(16,17)18;/h3-7H,8-9H2,1-2H3,(H2,19,20,21);1H. The molecule has 0 saturated heterocycles. The summed E-state index contributed by atoms with van der Waals surface area (Å²) < 4.78 is 46.2. The second-order valence-corrected chi connectivity index (χ2v) is 4.86. The molecular weight excluding hydrogens is 452 g/mol. The van der Waals surface area contributed by atoms with Crippen molar-refractivity contribution in [3.8, 4) is 5.75 Å². The predicted molar refractivity (Wildman–Crippen MR) is 96.8 cm³/mol. The zero-order chi connectivity index (χ0) is 17.6. The van der Waals surface area contributed by atoms with E-state index in [0.29, 0.717) is 29.5 Å². The molecule has 0 spiro atoms. The van der Waals surface area contributed by atoms with Crippen LogP contribution in [0.4, 0.5) is 13.2 Å². The van der Waals surface area contributed by atoms with Crippen molar-refractivity contribution in [3.05, 3.63) is 47.3 Å². The smallest absolute Gasteiger partial charge is 0.405 e.